The van der Waals surface area contributed by atoms with Crippen molar-refractivity contribution in [3.05, 3.63) is 58.4 Å². The summed E-state index contributed by atoms with van der Waals surface area (Å²) in [4.78, 5) is 0. The molecule has 1 N–H and O–H groups in total. The van der Waals surface area contributed by atoms with E-state index in [4.69, 9.17) is 16.3 Å². The fraction of sp³-hybridized carbons (Fsp3) is 0.200. The number of methoxy groups -OCH3 is 1. The standard InChI is InChI=1S/C15H13ClFNO/c1-19-15-5-2-10(16)8-12(15)14-7-9-6-11(17)3-4-13(9)18-14/h2-6,8,14,18H,7H2,1H3. The molecule has 2 nitrogen and oxygen atoms in total. The van der Waals surface area contributed by atoms with Crippen molar-refractivity contribution in [3.63, 3.8) is 0 Å². The van der Waals surface area contributed by atoms with Gasteiger partial charge in [0.05, 0.1) is 13.2 Å². The van der Waals surface area contributed by atoms with Gasteiger partial charge in [0, 0.05) is 16.3 Å². The molecule has 0 fully saturated rings. The second-order valence-electron chi connectivity index (χ2n) is 4.59. The van der Waals surface area contributed by atoms with Crippen molar-refractivity contribution in [1.29, 1.82) is 0 Å². The summed E-state index contributed by atoms with van der Waals surface area (Å²) in [5.41, 5.74) is 2.94. The van der Waals surface area contributed by atoms with Crippen molar-refractivity contribution in [2.45, 2.75) is 12.5 Å². The average Bonchev–Trinajstić information content (AvgIpc) is 2.81. The van der Waals surface area contributed by atoms with Crippen molar-refractivity contribution in [2.75, 3.05) is 12.4 Å². The molecule has 1 aliphatic heterocycles. The zero-order valence-electron chi connectivity index (χ0n) is 10.4. The maximum absolute atomic E-state index is 13.2. The molecule has 2 aromatic rings. The molecule has 1 heterocycles. The Morgan fingerprint density at radius 3 is 2.89 bits per heavy atom. The summed E-state index contributed by atoms with van der Waals surface area (Å²) in [5.74, 6) is 0.578. The molecule has 19 heavy (non-hydrogen) atoms. The van der Waals surface area contributed by atoms with Crippen LogP contribution in [-0.4, -0.2) is 7.11 Å². The fourth-order valence-corrected chi connectivity index (χ4v) is 2.68. The van der Waals surface area contributed by atoms with Crippen LogP contribution in [0.2, 0.25) is 5.02 Å². The Bertz CT molecular complexity index is 630. The maximum atomic E-state index is 13.2. The monoisotopic (exact) mass is 277 g/mol. The number of ether oxygens (including phenoxy) is 1. The van der Waals surface area contributed by atoms with E-state index in [1.807, 2.05) is 12.1 Å². The van der Waals surface area contributed by atoms with Crippen LogP contribution in [0.25, 0.3) is 0 Å². The van der Waals surface area contributed by atoms with Gasteiger partial charge in [0.2, 0.25) is 0 Å². The van der Waals surface area contributed by atoms with E-state index in [0.29, 0.717) is 5.02 Å². The first-order chi connectivity index (χ1) is 9.17. The highest BCUT2D eigenvalue weighted by atomic mass is 35.5. The van der Waals surface area contributed by atoms with E-state index >= 15 is 0 Å². The second kappa shape index (κ2) is 4.74. The molecule has 0 aliphatic carbocycles. The average molecular weight is 278 g/mol. The number of rotatable bonds is 2. The Kier molecular flexibility index (Phi) is 3.07. The third kappa shape index (κ3) is 2.26. The smallest absolute Gasteiger partial charge is 0.124 e. The van der Waals surface area contributed by atoms with E-state index in [-0.39, 0.29) is 11.9 Å². The molecule has 0 saturated heterocycles. The molecule has 1 atom stereocenters. The predicted octanol–water partition coefficient (Wildman–Crippen LogP) is 4.20. The highest BCUT2D eigenvalue weighted by molar-refractivity contribution is 6.30. The molecule has 0 aromatic heterocycles. The lowest BCUT2D eigenvalue weighted by Gasteiger charge is -2.16. The quantitative estimate of drug-likeness (QED) is 0.888. The van der Waals surface area contributed by atoms with Crippen LogP contribution in [0.4, 0.5) is 10.1 Å². The van der Waals surface area contributed by atoms with Crippen molar-refractivity contribution in [2.24, 2.45) is 0 Å². The lowest BCUT2D eigenvalue weighted by Crippen LogP contribution is -2.07. The lowest BCUT2D eigenvalue weighted by molar-refractivity contribution is 0.407. The number of benzene rings is 2. The van der Waals surface area contributed by atoms with Gasteiger partial charge in [-0.25, -0.2) is 4.39 Å². The largest absolute Gasteiger partial charge is 0.496 e. The van der Waals surface area contributed by atoms with E-state index < -0.39 is 0 Å². The van der Waals surface area contributed by atoms with E-state index in [0.717, 1.165) is 29.0 Å². The number of nitrogens with one attached hydrogen (secondary N) is 1. The minimum Gasteiger partial charge on any atom is -0.496 e. The molecule has 3 rings (SSSR count). The predicted molar refractivity (Wildman–Crippen MR) is 74.5 cm³/mol. The second-order valence-corrected chi connectivity index (χ2v) is 5.03. The molecular formula is C15H13ClFNO. The van der Waals surface area contributed by atoms with Gasteiger partial charge in [0.25, 0.3) is 0 Å². The number of anilines is 1. The summed E-state index contributed by atoms with van der Waals surface area (Å²) in [5, 5.41) is 4.04. The Hall–Kier alpha value is -1.74. The number of fused-ring (bicyclic) bond motifs is 1. The zero-order chi connectivity index (χ0) is 13.4. The number of hydrogen-bond acceptors (Lipinski definition) is 2. The van der Waals surface area contributed by atoms with E-state index in [9.17, 15) is 4.39 Å². The summed E-state index contributed by atoms with van der Waals surface area (Å²) in [7, 11) is 1.63. The molecule has 1 unspecified atom stereocenters. The van der Waals surface area contributed by atoms with Crippen LogP contribution < -0.4 is 10.1 Å². The lowest BCUT2D eigenvalue weighted by atomic mass is 10.0. The summed E-state index contributed by atoms with van der Waals surface area (Å²) < 4.78 is 18.6. The highest BCUT2D eigenvalue weighted by Gasteiger charge is 2.25. The topological polar surface area (TPSA) is 21.3 Å². The van der Waals surface area contributed by atoms with Crippen LogP contribution in [-0.2, 0) is 6.42 Å². The summed E-state index contributed by atoms with van der Waals surface area (Å²) in [6.07, 6.45) is 0.726. The van der Waals surface area contributed by atoms with Gasteiger partial charge in [-0.1, -0.05) is 11.6 Å². The van der Waals surface area contributed by atoms with Gasteiger partial charge in [0.15, 0.2) is 0 Å². The van der Waals surface area contributed by atoms with Crippen molar-refractivity contribution >= 4 is 17.3 Å². The van der Waals surface area contributed by atoms with Gasteiger partial charge in [-0.2, -0.15) is 0 Å². The van der Waals surface area contributed by atoms with Gasteiger partial charge in [0.1, 0.15) is 11.6 Å². The minimum absolute atomic E-state index is 0.0606. The van der Waals surface area contributed by atoms with Crippen molar-refractivity contribution in [3.8, 4) is 5.75 Å². The number of hydrogen-bond donors (Lipinski definition) is 1. The minimum atomic E-state index is -0.209. The first-order valence-corrected chi connectivity index (χ1v) is 6.43. The molecule has 98 valence electrons. The molecule has 4 heteroatoms. The molecule has 0 amide bonds. The molecule has 0 saturated carbocycles. The Morgan fingerprint density at radius 2 is 2.11 bits per heavy atom. The van der Waals surface area contributed by atoms with E-state index in [1.165, 1.54) is 6.07 Å². The van der Waals surface area contributed by atoms with E-state index in [2.05, 4.69) is 5.32 Å². The summed E-state index contributed by atoms with van der Waals surface area (Å²) in [6.45, 7) is 0. The summed E-state index contributed by atoms with van der Waals surface area (Å²) in [6, 6.07) is 10.4. The van der Waals surface area contributed by atoms with Crippen LogP contribution in [0.15, 0.2) is 36.4 Å². The van der Waals surface area contributed by atoms with Crippen LogP contribution >= 0.6 is 11.6 Å². The molecule has 0 bridgehead atoms. The van der Waals surface area contributed by atoms with Gasteiger partial charge in [-0.05, 0) is 48.4 Å². The van der Waals surface area contributed by atoms with Crippen molar-refractivity contribution < 1.29 is 9.13 Å². The SMILES string of the molecule is COc1ccc(Cl)cc1C1Cc2cc(F)ccc2N1. The fourth-order valence-electron chi connectivity index (χ4n) is 2.50. The van der Waals surface area contributed by atoms with Gasteiger partial charge < -0.3 is 10.1 Å². The first-order valence-electron chi connectivity index (χ1n) is 6.06. The van der Waals surface area contributed by atoms with Crippen LogP contribution in [0.5, 0.6) is 5.75 Å². The normalized spacial score (nSPS) is 16.9. The first kappa shape index (κ1) is 12.3. The molecule has 0 spiro atoms. The highest BCUT2D eigenvalue weighted by Crippen LogP contribution is 2.38. The molecule has 2 aromatic carbocycles. The number of halogens is 2. The maximum Gasteiger partial charge on any atom is 0.124 e. The molecular weight excluding hydrogens is 265 g/mol. The Labute approximate surface area is 116 Å². The third-order valence-corrected chi connectivity index (χ3v) is 3.62. The molecule has 1 aliphatic rings. The van der Waals surface area contributed by atoms with Gasteiger partial charge in [-0.15, -0.1) is 0 Å². The Morgan fingerprint density at radius 1 is 1.26 bits per heavy atom. The van der Waals surface area contributed by atoms with Crippen LogP contribution in [0.3, 0.4) is 0 Å². The van der Waals surface area contributed by atoms with Crippen molar-refractivity contribution in [1.82, 2.24) is 0 Å². The van der Waals surface area contributed by atoms with Gasteiger partial charge in [-0.3, -0.25) is 0 Å². The van der Waals surface area contributed by atoms with Gasteiger partial charge >= 0.3 is 0 Å². The zero-order valence-corrected chi connectivity index (χ0v) is 11.2. The third-order valence-electron chi connectivity index (χ3n) is 3.39. The summed E-state index contributed by atoms with van der Waals surface area (Å²) >= 11 is 6.05. The molecule has 0 radical (unpaired) electrons. The Balaban J connectivity index is 1.96. The van der Waals surface area contributed by atoms with E-state index in [1.54, 1.807) is 25.3 Å². The van der Waals surface area contributed by atoms with Crippen LogP contribution in [0, 0.1) is 5.82 Å². The van der Waals surface area contributed by atoms with Crippen LogP contribution in [0.1, 0.15) is 17.2 Å².